The van der Waals surface area contributed by atoms with Crippen molar-refractivity contribution in [2.24, 2.45) is 5.73 Å². The van der Waals surface area contributed by atoms with Gasteiger partial charge in [-0.05, 0) is 5.59 Å². The van der Waals surface area contributed by atoms with Crippen molar-refractivity contribution in [1.29, 1.82) is 0 Å². The molecule has 0 unspecified atom stereocenters. The lowest BCUT2D eigenvalue weighted by molar-refractivity contribution is 0.0996. The van der Waals surface area contributed by atoms with Crippen molar-refractivity contribution in [3.8, 4) is 0 Å². The molecule has 0 atom stereocenters. The fraction of sp³-hybridized carbons (Fsp3) is 0.273. The molecule has 0 spiro atoms. The van der Waals surface area contributed by atoms with Gasteiger partial charge in [-0.15, -0.1) is 0 Å². The van der Waals surface area contributed by atoms with E-state index in [1.54, 1.807) is 0 Å². The number of hydrogen-bond acceptors (Lipinski definition) is 4. The Kier molecular flexibility index (Phi) is 5.13. The standard InChI is InChI=1S/C8H3B3N4O2.C3H8/c9-2-1-3(10)13-6-4(2)5(7(12)16)14-15(11)8(6)17;1-3-2/h1H,(H2,12,16);3H2,1-2H3. The van der Waals surface area contributed by atoms with Crippen molar-refractivity contribution >= 4 is 51.5 Å². The van der Waals surface area contributed by atoms with Crippen molar-refractivity contribution in [2.45, 2.75) is 20.3 Å². The summed E-state index contributed by atoms with van der Waals surface area (Å²) in [7, 11) is 16.4. The molecule has 2 heterocycles. The van der Waals surface area contributed by atoms with Gasteiger partial charge in [-0.25, -0.2) is 0 Å². The first-order valence-corrected chi connectivity index (χ1v) is 5.87. The molecule has 0 aliphatic heterocycles. The molecule has 2 rings (SSSR count). The Bertz CT molecular complexity index is 715. The minimum absolute atomic E-state index is 0.0359. The highest BCUT2D eigenvalue weighted by atomic mass is 16.1. The normalized spacial score (nSPS) is 9.90. The van der Waals surface area contributed by atoms with Crippen LogP contribution in [-0.4, -0.2) is 44.3 Å². The summed E-state index contributed by atoms with van der Waals surface area (Å²) in [5.74, 6) is -0.868. The van der Waals surface area contributed by atoms with Gasteiger partial charge < -0.3 is 5.73 Å². The summed E-state index contributed by atoms with van der Waals surface area (Å²) >= 11 is 0. The van der Waals surface area contributed by atoms with Crippen LogP contribution in [0.4, 0.5) is 0 Å². The molecule has 2 N–H and O–H groups in total. The third-order valence-corrected chi connectivity index (χ3v) is 2.16. The average Bonchev–Trinajstić information content (AvgIpc) is 2.34. The third kappa shape index (κ3) is 3.09. The molecular formula is C11H11B3N4O2. The molecule has 20 heavy (non-hydrogen) atoms. The highest BCUT2D eigenvalue weighted by molar-refractivity contribution is 6.42. The highest BCUT2D eigenvalue weighted by Gasteiger charge is 2.15. The average molecular weight is 264 g/mol. The van der Waals surface area contributed by atoms with Crippen molar-refractivity contribution < 1.29 is 4.79 Å². The van der Waals surface area contributed by atoms with Crippen LogP contribution in [0.1, 0.15) is 30.8 Å². The summed E-state index contributed by atoms with van der Waals surface area (Å²) < 4.78 is 0.467. The second-order valence-corrected chi connectivity index (χ2v) is 4.03. The molecule has 0 aliphatic rings. The van der Waals surface area contributed by atoms with E-state index in [0.29, 0.717) is 4.59 Å². The Hall–Kier alpha value is -2.05. The summed E-state index contributed by atoms with van der Waals surface area (Å²) in [6, 6.07) is 1.30. The van der Waals surface area contributed by atoms with Crippen LogP contribution in [0.25, 0.3) is 10.9 Å². The van der Waals surface area contributed by atoms with E-state index >= 15 is 0 Å². The Balaban J connectivity index is 0.000000612. The topological polar surface area (TPSA) is 90.9 Å². The van der Waals surface area contributed by atoms with Gasteiger partial charge in [0.1, 0.15) is 21.2 Å². The lowest BCUT2D eigenvalue weighted by atomic mass is 9.87. The SMILES string of the molecule is CCC.[B]c1cc([B])c2c(C(N)=O)nn([B])c(=O)c2n1. The Labute approximate surface area is 120 Å². The van der Waals surface area contributed by atoms with E-state index in [1.807, 2.05) is 0 Å². The molecule has 2 aromatic heterocycles. The molecule has 0 aromatic carbocycles. The molecule has 0 aliphatic carbocycles. The first-order chi connectivity index (χ1) is 9.33. The van der Waals surface area contributed by atoms with E-state index in [-0.39, 0.29) is 27.7 Å². The zero-order valence-corrected chi connectivity index (χ0v) is 11.3. The van der Waals surface area contributed by atoms with Crippen LogP contribution in [0.3, 0.4) is 0 Å². The van der Waals surface area contributed by atoms with Gasteiger partial charge in [0.2, 0.25) is 0 Å². The van der Waals surface area contributed by atoms with Crippen molar-refractivity contribution in [1.82, 2.24) is 14.7 Å². The van der Waals surface area contributed by atoms with Crippen LogP contribution in [0.2, 0.25) is 0 Å². The Morgan fingerprint density at radius 1 is 1.40 bits per heavy atom. The van der Waals surface area contributed by atoms with Gasteiger partial charge in [0.15, 0.2) is 5.69 Å². The molecule has 9 heteroatoms. The monoisotopic (exact) mass is 264 g/mol. The largest absolute Gasteiger partial charge is 0.364 e. The molecule has 0 saturated heterocycles. The smallest absolute Gasteiger partial charge is 0.279 e. The third-order valence-electron chi connectivity index (χ3n) is 2.16. The van der Waals surface area contributed by atoms with Crippen LogP contribution in [0.5, 0.6) is 0 Å². The van der Waals surface area contributed by atoms with Gasteiger partial charge in [-0.2, -0.15) is 5.10 Å². The second-order valence-electron chi connectivity index (χ2n) is 4.03. The number of primary amides is 1. The van der Waals surface area contributed by atoms with Crippen molar-refractivity contribution in [3.63, 3.8) is 0 Å². The maximum absolute atomic E-state index is 11.7. The molecular weight excluding hydrogens is 253 g/mol. The predicted molar refractivity (Wildman–Crippen MR) is 80.2 cm³/mol. The van der Waals surface area contributed by atoms with E-state index in [2.05, 4.69) is 23.9 Å². The quantitative estimate of drug-likeness (QED) is 0.593. The molecule has 6 nitrogen and oxygen atoms in total. The number of carbonyl (C=O) groups is 1. The molecule has 0 bridgehead atoms. The Morgan fingerprint density at radius 2 is 1.95 bits per heavy atom. The number of aromatic nitrogens is 3. The maximum Gasteiger partial charge on any atom is 0.279 e. The number of nitrogens with zero attached hydrogens (tertiary/aromatic N) is 3. The van der Waals surface area contributed by atoms with Gasteiger partial charge in [0.25, 0.3) is 19.4 Å². The fourth-order valence-corrected chi connectivity index (χ4v) is 1.47. The maximum atomic E-state index is 11.7. The minimum Gasteiger partial charge on any atom is -0.364 e. The van der Waals surface area contributed by atoms with Gasteiger partial charge in [0, 0.05) is 5.39 Å². The predicted octanol–water partition coefficient (Wildman–Crippen LogP) is -2.17. The molecule has 0 fully saturated rings. The molecule has 6 radical (unpaired) electrons. The number of amides is 1. The van der Waals surface area contributed by atoms with E-state index in [9.17, 15) is 9.59 Å². The van der Waals surface area contributed by atoms with Crippen LogP contribution in [0.15, 0.2) is 10.9 Å². The van der Waals surface area contributed by atoms with E-state index < -0.39 is 11.5 Å². The van der Waals surface area contributed by atoms with Gasteiger partial charge in [0.05, 0.1) is 0 Å². The summed E-state index contributed by atoms with van der Waals surface area (Å²) in [4.78, 5) is 26.6. The number of nitrogens with two attached hydrogens (primary N) is 1. The summed E-state index contributed by atoms with van der Waals surface area (Å²) in [6.45, 7) is 4.25. The first kappa shape index (κ1) is 16.0. The van der Waals surface area contributed by atoms with E-state index in [0.717, 1.165) is 0 Å². The van der Waals surface area contributed by atoms with Gasteiger partial charge in [-0.1, -0.05) is 31.8 Å². The van der Waals surface area contributed by atoms with Crippen LogP contribution in [-0.2, 0) is 0 Å². The zero-order valence-electron chi connectivity index (χ0n) is 11.3. The minimum atomic E-state index is -0.868. The molecule has 0 saturated carbocycles. The zero-order chi connectivity index (χ0) is 15.4. The summed E-state index contributed by atoms with van der Waals surface area (Å²) in [5.41, 5.74) is 4.15. The van der Waals surface area contributed by atoms with Crippen molar-refractivity contribution in [3.05, 3.63) is 22.1 Å². The van der Waals surface area contributed by atoms with Gasteiger partial charge in [-0.3, -0.25) is 19.2 Å². The molecule has 1 amide bonds. The van der Waals surface area contributed by atoms with E-state index in [4.69, 9.17) is 29.4 Å². The van der Waals surface area contributed by atoms with Crippen LogP contribution >= 0.6 is 0 Å². The first-order valence-electron chi connectivity index (χ1n) is 5.87. The highest BCUT2D eigenvalue weighted by Crippen LogP contribution is 2.06. The lowest BCUT2D eigenvalue weighted by Gasteiger charge is -2.09. The number of carbonyl (C=O) groups excluding carboxylic acids is 1. The Morgan fingerprint density at radius 3 is 2.45 bits per heavy atom. The van der Waals surface area contributed by atoms with Crippen LogP contribution < -0.4 is 22.3 Å². The number of fused-ring (bicyclic) bond motifs is 1. The second kappa shape index (κ2) is 6.41. The number of rotatable bonds is 1. The molecule has 2 aromatic rings. The fourth-order valence-electron chi connectivity index (χ4n) is 1.47. The summed E-state index contributed by atoms with van der Waals surface area (Å²) in [5, 5.41) is 3.59. The molecule has 96 valence electrons. The number of hydrogen-bond donors (Lipinski definition) is 1. The van der Waals surface area contributed by atoms with Gasteiger partial charge >= 0.3 is 0 Å². The van der Waals surface area contributed by atoms with E-state index in [1.165, 1.54) is 12.5 Å². The summed E-state index contributed by atoms with van der Waals surface area (Å²) in [6.07, 6.45) is 1.25. The lowest BCUT2D eigenvalue weighted by Crippen LogP contribution is -2.32. The van der Waals surface area contributed by atoms with Crippen molar-refractivity contribution in [2.75, 3.05) is 0 Å². The van der Waals surface area contributed by atoms with Crippen LogP contribution in [0, 0.1) is 0 Å². The number of pyridine rings is 1.